The van der Waals surface area contributed by atoms with E-state index in [-0.39, 0.29) is 23.4 Å². The van der Waals surface area contributed by atoms with Gasteiger partial charge in [0.1, 0.15) is 23.0 Å². The Kier molecular flexibility index (Phi) is 16.1. The Balaban J connectivity index is 0.000000314. The van der Waals surface area contributed by atoms with Gasteiger partial charge in [-0.15, -0.1) is 0 Å². The van der Waals surface area contributed by atoms with Crippen LogP contribution in [0.4, 0.5) is 0 Å². The average molecular weight is 633 g/mol. The van der Waals surface area contributed by atoms with Crippen molar-refractivity contribution in [1.29, 1.82) is 0 Å². The average Bonchev–Trinajstić information content (AvgIpc) is 3.60. The number of methoxy groups -OCH3 is 5. The highest BCUT2D eigenvalue weighted by Crippen LogP contribution is 2.32. The molecule has 252 valence electrons. The molecule has 10 nitrogen and oxygen atoms in total. The van der Waals surface area contributed by atoms with Gasteiger partial charge >= 0.3 is 0 Å². The Morgan fingerprint density at radius 3 is 1.67 bits per heavy atom. The summed E-state index contributed by atoms with van der Waals surface area (Å²) in [7, 11) is 8.12. The summed E-state index contributed by atoms with van der Waals surface area (Å²) in [6.45, 7) is 13.0. The molecule has 0 bridgehead atoms. The number of benzene rings is 2. The molecule has 0 radical (unpaired) electrons. The molecule has 1 atom stereocenters. The van der Waals surface area contributed by atoms with E-state index in [1.807, 2.05) is 69.3 Å². The predicted molar refractivity (Wildman–Crippen MR) is 175 cm³/mol. The van der Waals surface area contributed by atoms with Crippen LogP contribution in [0.15, 0.2) is 48.9 Å². The van der Waals surface area contributed by atoms with Crippen LogP contribution in [-0.4, -0.2) is 81.2 Å². The zero-order valence-electron chi connectivity index (χ0n) is 28.5. The summed E-state index contributed by atoms with van der Waals surface area (Å²) < 4.78 is 54.7. The number of ether oxygens (including phenoxy) is 10. The zero-order chi connectivity index (χ0) is 33.3. The normalized spacial score (nSPS) is 14.6. The highest BCUT2D eigenvalue weighted by atomic mass is 16.7. The molecular formula is C35H52O10. The van der Waals surface area contributed by atoms with Gasteiger partial charge in [0.2, 0.25) is 0 Å². The van der Waals surface area contributed by atoms with Crippen LogP contribution >= 0.6 is 0 Å². The van der Waals surface area contributed by atoms with E-state index >= 15 is 0 Å². The van der Waals surface area contributed by atoms with Crippen LogP contribution < -0.4 is 18.9 Å². The second-order valence-corrected chi connectivity index (χ2v) is 11.5. The maximum atomic E-state index is 6.01. The van der Waals surface area contributed by atoms with E-state index in [4.69, 9.17) is 47.4 Å². The molecule has 1 heterocycles. The van der Waals surface area contributed by atoms with Gasteiger partial charge in [-0.2, -0.15) is 0 Å². The van der Waals surface area contributed by atoms with Crippen LogP contribution in [0.25, 0.3) is 12.2 Å². The standard InChI is InChI=1S/C18H28O5.C17H24O5/c1-7-22-17(21-6)18(2,3)13-23-16-9-8-15(20-5)12-14(16)10-11-19-4;1-17(2,16-20-9-10-21-16)12-22-15-6-5-14(19-4)11-13(15)7-8-18-3/h8-12,17H,7,13H2,1-6H3;5-8,11,16H,9-10,12H2,1-4H3. The summed E-state index contributed by atoms with van der Waals surface area (Å²) in [4.78, 5) is 0. The largest absolute Gasteiger partial charge is 0.504 e. The van der Waals surface area contributed by atoms with E-state index in [0.717, 1.165) is 34.1 Å². The van der Waals surface area contributed by atoms with Crippen molar-refractivity contribution in [3.8, 4) is 23.0 Å². The molecule has 3 rings (SSSR count). The second-order valence-electron chi connectivity index (χ2n) is 11.5. The van der Waals surface area contributed by atoms with E-state index in [1.54, 1.807) is 48.1 Å². The van der Waals surface area contributed by atoms with Gasteiger partial charge < -0.3 is 47.4 Å². The fourth-order valence-corrected chi connectivity index (χ4v) is 4.35. The van der Waals surface area contributed by atoms with Gasteiger partial charge in [0.05, 0.1) is 67.4 Å². The van der Waals surface area contributed by atoms with Crippen LogP contribution in [0, 0.1) is 10.8 Å². The molecule has 1 aliphatic rings. The van der Waals surface area contributed by atoms with Gasteiger partial charge in [0.15, 0.2) is 12.6 Å². The van der Waals surface area contributed by atoms with Crippen LogP contribution in [-0.2, 0) is 28.4 Å². The Bertz CT molecular complexity index is 1180. The third kappa shape index (κ3) is 12.1. The molecule has 2 aromatic rings. The first-order valence-corrected chi connectivity index (χ1v) is 14.9. The summed E-state index contributed by atoms with van der Waals surface area (Å²) >= 11 is 0. The maximum absolute atomic E-state index is 6.01. The van der Waals surface area contributed by atoms with E-state index in [9.17, 15) is 0 Å². The smallest absolute Gasteiger partial charge is 0.166 e. The third-order valence-electron chi connectivity index (χ3n) is 6.83. The van der Waals surface area contributed by atoms with Gasteiger partial charge in [-0.25, -0.2) is 0 Å². The first-order valence-electron chi connectivity index (χ1n) is 14.9. The molecule has 1 saturated heterocycles. The minimum Gasteiger partial charge on any atom is -0.504 e. The molecule has 1 aliphatic heterocycles. The van der Waals surface area contributed by atoms with Gasteiger partial charge in [0, 0.05) is 35.7 Å². The number of hydrogen-bond acceptors (Lipinski definition) is 10. The SMILES string of the molecule is CCOC(OC)C(C)(C)COc1ccc(OC)cc1C=COC.COC=Cc1cc(OC)ccc1OCC(C)(C)C1OCCO1. The monoisotopic (exact) mass is 632 g/mol. The lowest BCUT2D eigenvalue weighted by molar-refractivity contribution is -0.188. The highest BCUT2D eigenvalue weighted by molar-refractivity contribution is 5.60. The lowest BCUT2D eigenvalue weighted by Crippen LogP contribution is -2.38. The van der Waals surface area contributed by atoms with Crippen molar-refractivity contribution in [2.75, 3.05) is 68.6 Å². The molecule has 45 heavy (non-hydrogen) atoms. The topological polar surface area (TPSA) is 92.3 Å². The Hall–Kier alpha value is -3.44. The lowest BCUT2D eigenvalue weighted by atomic mass is 9.93. The molecule has 1 fully saturated rings. The van der Waals surface area contributed by atoms with Crippen LogP contribution in [0.2, 0.25) is 0 Å². The summed E-state index contributed by atoms with van der Waals surface area (Å²) in [5.41, 5.74) is 1.24. The summed E-state index contributed by atoms with van der Waals surface area (Å²) in [5.74, 6) is 3.04. The van der Waals surface area contributed by atoms with E-state index in [0.29, 0.717) is 33.0 Å². The zero-order valence-corrected chi connectivity index (χ0v) is 28.5. The minimum absolute atomic E-state index is 0.233. The van der Waals surface area contributed by atoms with Gasteiger partial charge in [-0.3, -0.25) is 0 Å². The molecule has 0 spiro atoms. The Morgan fingerprint density at radius 1 is 0.756 bits per heavy atom. The number of rotatable bonds is 17. The second kappa shape index (κ2) is 19.2. The Labute approximate surface area is 269 Å². The quantitative estimate of drug-likeness (QED) is 0.137. The maximum Gasteiger partial charge on any atom is 0.166 e. The molecule has 0 N–H and O–H groups in total. The first-order chi connectivity index (χ1) is 21.5. The van der Waals surface area contributed by atoms with Crippen LogP contribution in [0.5, 0.6) is 23.0 Å². The first kappa shape index (κ1) is 37.7. The van der Waals surface area contributed by atoms with Crippen molar-refractivity contribution in [1.82, 2.24) is 0 Å². The molecule has 0 aliphatic carbocycles. The highest BCUT2D eigenvalue weighted by Gasteiger charge is 2.35. The molecular weight excluding hydrogens is 580 g/mol. The van der Waals surface area contributed by atoms with Crippen molar-refractivity contribution in [2.45, 2.75) is 47.2 Å². The van der Waals surface area contributed by atoms with E-state index in [1.165, 1.54) is 0 Å². The van der Waals surface area contributed by atoms with Crippen LogP contribution in [0.3, 0.4) is 0 Å². The summed E-state index contributed by atoms with van der Waals surface area (Å²) in [5, 5.41) is 0. The van der Waals surface area contributed by atoms with Crippen molar-refractivity contribution in [3.05, 3.63) is 60.0 Å². The molecule has 0 saturated carbocycles. The van der Waals surface area contributed by atoms with Crippen molar-refractivity contribution in [2.24, 2.45) is 10.8 Å². The van der Waals surface area contributed by atoms with E-state index < -0.39 is 0 Å². The molecule has 2 aromatic carbocycles. The van der Waals surface area contributed by atoms with Crippen molar-refractivity contribution in [3.63, 3.8) is 0 Å². The molecule has 0 aromatic heterocycles. The number of hydrogen-bond donors (Lipinski definition) is 0. The molecule has 0 amide bonds. The van der Waals surface area contributed by atoms with Crippen molar-refractivity contribution >= 4 is 12.2 Å². The Morgan fingerprint density at radius 2 is 1.24 bits per heavy atom. The predicted octanol–water partition coefficient (Wildman–Crippen LogP) is 6.82. The van der Waals surface area contributed by atoms with Gasteiger partial charge in [0.25, 0.3) is 0 Å². The molecule has 10 heteroatoms. The fraction of sp³-hybridized carbons (Fsp3) is 0.543. The van der Waals surface area contributed by atoms with Crippen molar-refractivity contribution < 1.29 is 47.4 Å². The molecule has 1 unspecified atom stereocenters. The summed E-state index contributed by atoms with van der Waals surface area (Å²) in [6, 6.07) is 11.3. The van der Waals surface area contributed by atoms with Crippen LogP contribution in [0.1, 0.15) is 45.7 Å². The fourth-order valence-electron chi connectivity index (χ4n) is 4.35. The lowest BCUT2D eigenvalue weighted by Gasteiger charge is -2.32. The van der Waals surface area contributed by atoms with Gasteiger partial charge in [-0.1, -0.05) is 27.7 Å². The minimum atomic E-state index is -0.330. The van der Waals surface area contributed by atoms with Gasteiger partial charge in [-0.05, 0) is 55.5 Å². The third-order valence-corrected chi connectivity index (χ3v) is 6.83. The van der Waals surface area contributed by atoms with E-state index in [2.05, 4.69) is 13.8 Å². The summed E-state index contributed by atoms with van der Waals surface area (Å²) in [6.07, 6.45) is 6.32.